The van der Waals surface area contributed by atoms with Crippen LogP contribution in [0.25, 0.3) is 0 Å². The summed E-state index contributed by atoms with van der Waals surface area (Å²) in [5.41, 5.74) is -1.09. The number of aryl methyl sites for hydroxylation is 1. The SMILES string of the molecule is Cc1occc1C(=O)N[C@H](CO)c1ccc(Cl)cc1C(F)(F)F. The number of aliphatic hydroxyl groups is 1. The summed E-state index contributed by atoms with van der Waals surface area (Å²) >= 11 is 5.62. The Morgan fingerprint density at radius 3 is 2.61 bits per heavy atom. The molecular formula is C15H13ClF3NO3. The number of halogens is 4. The quantitative estimate of drug-likeness (QED) is 0.886. The molecule has 0 aliphatic heterocycles. The average Bonchev–Trinajstić information content (AvgIpc) is 2.90. The van der Waals surface area contributed by atoms with Gasteiger partial charge in [0, 0.05) is 5.02 Å². The lowest BCUT2D eigenvalue weighted by molar-refractivity contribution is -0.138. The van der Waals surface area contributed by atoms with Crippen molar-refractivity contribution in [1.29, 1.82) is 0 Å². The predicted octanol–water partition coefficient (Wildman–Crippen LogP) is 3.72. The van der Waals surface area contributed by atoms with Crippen molar-refractivity contribution in [1.82, 2.24) is 5.32 Å². The van der Waals surface area contributed by atoms with E-state index < -0.39 is 30.3 Å². The number of benzene rings is 1. The van der Waals surface area contributed by atoms with Gasteiger partial charge in [-0.25, -0.2) is 0 Å². The maximum absolute atomic E-state index is 13.1. The van der Waals surface area contributed by atoms with Gasteiger partial charge in [-0.05, 0) is 30.7 Å². The third-order valence-corrected chi connectivity index (χ3v) is 3.52. The van der Waals surface area contributed by atoms with Crippen LogP contribution in [0.1, 0.15) is 33.3 Å². The zero-order valence-corrected chi connectivity index (χ0v) is 12.7. The third kappa shape index (κ3) is 3.86. The van der Waals surface area contributed by atoms with Gasteiger partial charge in [-0.2, -0.15) is 13.2 Å². The van der Waals surface area contributed by atoms with E-state index in [0.29, 0.717) is 5.76 Å². The molecule has 124 valence electrons. The van der Waals surface area contributed by atoms with Gasteiger partial charge in [-0.15, -0.1) is 0 Å². The molecule has 0 saturated carbocycles. The molecule has 2 N–H and O–H groups in total. The van der Waals surface area contributed by atoms with Crippen molar-refractivity contribution < 1.29 is 27.5 Å². The van der Waals surface area contributed by atoms with Crippen molar-refractivity contribution in [3.05, 3.63) is 58.0 Å². The molecule has 1 atom stereocenters. The first-order valence-electron chi connectivity index (χ1n) is 6.56. The van der Waals surface area contributed by atoms with Crippen molar-refractivity contribution in [3.8, 4) is 0 Å². The van der Waals surface area contributed by atoms with Crippen molar-refractivity contribution >= 4 is 17.5 Å². The van der Waals surface area contributed by atoms with E-state index in [9.17, 15) is 23.1 Å². The highest BCUT2D eigenvalue weighted by Crippen LogP contribution is 2.36. The van der Waals surface area contributed by atoms with E-state index in [4.69, 9.17) is 16.0 Å². The van der Waals surface area contributed by atoms with Gasteiger partial charge in [0.25, 0.3) is 5.91 Å². The summed E-state index contributed by atoms with van der Waals surface area (Å²) in [6, 6.07) is 3.32. The topological polar surface area (TPSA) is 62.5 Å². The second-order valence-corrected chi connectivity index (χ2v) is 5.26. The van der Waals surface area contributed by atoms with Crippen molar-refractivity contribution in [3.63, 3.8) is 0 Å². The second-order valence-electron chi connectivity index (χ2n) is 4.83. The molecule has 4 nitrogen and oxygen atoms in total. The molecule has 2 rings (SSSR count). The Bertz CT molecular complexity index is 712. The number of furan rings is 1. The van der Waals surface area contributed by atoms with E-state index in [1.54, 1.807) is 6.92 Å². The Morgan fingerprint density at radius 2 is 2.09 bits per heavy atom. The first-order valence-corrected chi connectivity index (χ1v) is 6.94. The minimum atomic E-state index is -4.66. The first kappa shape index (κ1) is 17.4. The van der Waals surface area contributed by atoms with Gasteiger partial charge in [-0.3, -0.25) is 4.79 Å². The Kier molecular flexibility index (Phi) is 5.01. The fraction of sp³-hybridized carbons (Fsp3) is 0.267. The minimum Gasteiger partial charge on any atom is -0.469 e. The molecule has 0 aliphatic carbocycles. The Balaban J connectivity index is 2.35. The Morgan fingerprint density at radius 1 is 1.39 bits per heavy atom. The van der Waals surface area contributed by atoms with Crippen LogP contribution in [0.15, 0.2) is 34.9 Å². The summed E-state index contributed by atoms with van der Waals surface area (Å²) in [5, 5.41) is 11.7. The minimum absolute atomic E-state index is 0.0882. The van der Waals surface area contributed by atoms with Crippen LogP contribution in [-0.2, 0) is 6.18 Å². The molecule has 0 spiro atoms. The number of aliphatic hydroxyl groups excluding tert-OH is 1. The van der Waals surface area contributed by atoms with E-state index in [1.165, 1.54) is 18.4 Å². The van der Waals surface area contributed by atoms with Gasteiger partial charge in [0.05, 0.1) is 30.0 Å². The highest BCUT2D eigenvalue weighted by Gasteiger charge is 2.36. The maximum Gasteiger partial charge on any atom is 0.416 e. The molecule has 0 unspecified atom stereocenters. The molecule has 0 saturated heterocycles. The molecule has 2 aromatic rings. The van der Waals surface area contributed by atoms with Crippen molar-refractivity contribution in [2.75, 3.05) is 6.61 Å². The molecule has 0 radical (unpaired) electrons. The molecule has 1 amide bonds. The third-order valence-electron chi connectivity index (χ3n) is 3.29. The predicted molar refractivity (Wildman–Crippen MR) is 77.2 cm³/mol. The summed E-state index contributed by atoms with van der Waals surface area (Å²) in [7, 11) is 0. The molecule has 1 heterocycles. The summed E-state index contributed by atoms with van der Waals surface area (Å²) in [5.74, 6) is -0.315. The smallest absolute Gasteiger partial charge is 0.416 e. The lowest BCUT2D eigenvalue weighted by Gasteiger charge is -2.21. The van der Waals surface area contributed by atoms with Gasteiger partial charge in [-0.1, -0.05) is 17.7 Å². The standard InChI is InChI=1S/C15H13ClF3NO3/c1-8-10(4-5-23-8)14(22)20-13(7-21)11-3-2-9(16)6-12(11)15(17,18)19/h2-6,13,21H,7H2,1H3,(H,20,22)/t13-/m1/s1. The number of amides is 1. The molecule has 0 aliphatic rings. The van der Waals surface area contributed by atoms with Crippen molar-refractivity contribution in [2.45, 2.75) is 19.1 Å². The molecule has 1 aromatic heterocycles. The zero-order valence-electron chi connectivity index (χ0n) is 11.9. The largest absolute Gasteiger partial charge is 0.469 e. The zero-order chi connectivity index (χ0) is 17.2. The molecule has 0 fully saturated rings. The summed E-state index contributed by atoms with van der Waals surface area (Å²) in [6.45, 7) is 0.847. The molecular weight excluding hydrogens is 335 g/mol. The van der Waals surface area contributed by atoms with Crippen molar-refractivity contribution in [2.24, 2.45) is 0 Å². The number of hydrogen-bond donors (Lipinski definition) is 2. The van der Waals surface area contributed by atoms with Crippen LogP contribution in [0.3, 0.4) is 0 Å². The van der Waals surface area contributed by atoms with E-state index in [-0.39, 0.29) is 16.1 Å². The number of alkyl halides is 3. The second kappa shape index (κ2) is 6.64. The van der Waals surface area contributed by atoms with E-state index in [2.05, 4.69) is 5.32 Å². The highest BCUT2D eigenvalue weighted by molar-refractivity contribution is 6.30. The highest BCUT2D eigenvalue weighted by atomic mass is 35.5. The normalized spacial score (nSPS) is 13.0. The summed E-state index contributed by atoms with van der Waals surface area (Å²) in [6.07, 6.45) is -3.37. The Labute approximate surface area is 134 Å². The van der Waals surface area contributed by atoms with Crippen LogP contribution < -0.4 is 5.32 Å². The van der Waals surface area contributed by atoms with E-state index >= 15 is 0 Å². The number of carbonyl (C=O) groups is 1. The van der Waals surface area contributed by atoms with Crippen LogP contribution in [-0.4, -0.2) is 17.6 Å². The van der Waals surface area contributed by atoms with Crippen LogP contribution in [0.2, 0.25) is 5.02 Å². The van der Waals surface area contributed by atoms with Gasteiger partial charge < -0.3 is 14.8 Å². The summed E-state index contributed by atoms with van der Waals surface area (Å²) < 4.78 is 44.4. The number of carbonyl (C=O) groups excluding carboxylic acids is 1. The average molecular weight is 348 g/mol. The van der Waals surface area contributed by atoms with E-state index in [0.717, 1.165) is 12.1 Å². The van der Waals surface area contributed by atoms with Gasteiger partial charge in [0.2, 0.25) is 0 Å². The van der Waals surface area contributed by atoms with Gasteiger partial charge in [0.15, 0.2) is 0 Å². The molecule has 23 heavy (non-hydrogen) atoms. The maximum atomic E-state index is 13.1. The van der Waals surface area contributed by atoms with E-state index in [1.807, 2.05) is 0 Å². The fourth-order valence-electron chi connectivity index (χ4n) is 2.16. The molecule has 1 aromatic carbocycles. The van der Waals surface area contributed by atoms with Crippen LogP contribution >= 0.6 is 11.6 Å². The van der Waals surface area contributed by atoms with Gasteiger partial charge >= 0.3 is 6.18 Å². The first-order chi connectivity index (χ1) is 10.7. The monoisotopic (exact) mass is 347 g/mol. The lowest BCUT2D eigenvalue weighted by atomic mass is 10.00. The number of hydrogen-bond acceptors (Lipinski definition) is 3. The number of nitrogens with one attached hydrogen (secondary N) is 1. The van der Waals surface area contributed by atoms with Crippen LogP contribution in [0.5, 0.6) is 0 Å². The Hall–Kier alpha value is -1.99. The number of rotatable bonds is 4. The lowest BCUT2D eigenvalue weighted by Crippen LogP contribution is -2.32. The van der Waals surface area contributed by atoms with Crippen LogP contribution in [0.4, 0.5) is 13.2 Å². The fourth-order valence-corrected chi connectivity index (χ4v) is 2.33. The van der Waals surface area contributed by atoms with Gasteiger partial charge in [0.1, 0.15) is 5.76 Å². The molecule has 0 bridgehead atoms. The molecule has 8 heteroatoms. The summed E-state index contributed by atoms with van der Waals surface area (Å²) in [4.78, 5) is 12.1. The van der Waals surface area contributed by atoms with Crippen LogP contribution in [0, 0.1) is 6.92 Å².